The molecule has 3 heterocycles. The Kier molecular flexibility index (Phi) is 2.54. The molecule has 0 saturated heterocycles. The van der Waals surface area contributed by atoms with Gasteiger partial charge in [-0.3, -0.25) is 9.59 Å². The van der Waals surface area contributed by atoms with Gasteiger partial charge in [-0.05, 0) is 12.8 Å². The van der Waals surface area contributed by atoms with E-state index in [-0.39, 0.29) is 11.3 Å². The van der Waals surface area contributed by atoms with E-state index in [0.29, 0.717) is 22.2 Å². The van der Waals surface area contributed by atoms with Crippen molar-refractivity contribution in [1.29, 1.82) is 0 Å². The Hall–Kier alpha value is -2.69. The van der Waals surface area contributed by atoms with Crippen molar-refractivity contribution in [3.05, 3.63) is 64.0 Å². The molecule has 1 aromatic carbocycles. The van der Waals surface area contributed by atoms with Crippen molar-refractivity contribution in [2.45, 2.75) is 19.4 Å². The molecule has 1 aliphatic heterocycles. The Balaban J connectivity index is 2.04. The predicted octanol–water partition coefficient (Wildman–Crippen LogP) is 1.90. The maximum absolute atomic E-state index is 12.8. The number of aromatic amines is 1. The number of carbonyl (C=O) groups is 1. The Bertz CT molecular complexity index is 906. The van der Waals surface area contributed by atoms with Crippen molar-refractivity contribution < 1.29 is 4.79 Å². The highest BCUT2D eigenvalue weighted by molar-refractivity contribution is 6.15. The second-order valence-corrected chi connectivity index (χ2v) is 5.20. The van der Waals surface area contributed by atoms with E-state index in [9.17, 15) is 9.59 Å². The lowest BCUT2D eigenvalue weighted by Gasteiger charge is -2.05. The monoisotopic (exact) mass is 279 g/mol. The number of nitrogens with zero attached hydrogens (tertiary/aromatic N) is 2. The standard InChI is InChI=1S/C16H13N3O2/c20-15(10-5-2-1-3-6-10)14-13-12(16(21)18-9-17-13)11-7-4-8-19(11)14/h1-3,5-6,9H,4,7-8H2,(H,17,18,21). The number of carbonyl (C=O) groups excluding carboxylic acids is 1. The Morgan fingerprint density at radius 2 is 2.05 bits per heavy atom. The Morgan fingerprint density at radius 1 is 1.24 bits per heavy atom. The zero-order valence-electron chi connectivity index (χ0n) is 11.3. The van der Waals surface area contributed by atoms with Gasteiger partial charge in [-0.1, -0.05) is 30.3 Å². The summed E-state index contributed by atoms with van der Waals surface area (Å²) in [4.78, 5) is 31.8. The molecule has 0 fully saturated rings. The zero-order valence-corrected chi connectivity index (χ0v) is 11.3. The van der Waals surface area contributed by atoms with E-state index in [2.05, 4.69) is 9.97 Å². The maximum Gasteiger partial charge on any atom is 0.260 e. The van der Waals surface area contributed by atoms with Crippen LogP contribution in [0.2, 0.25) is 0 Å². The van der Waals surface area contributed by atoms with E-state index in [0.717, 1.165) is 25.1 Å². The Labute approximate surface area is 120 Å². The van der Waals surface area contributed by atoms with Gasteiger partial charge in [0.15, 0.2) is 0 Å². The van der Waals surface area contributed by atoms with Gasteiger partial charge in [-0.25, -0.2) is 4.98 Å². The van der Waals surface area contributed by atoms with Crippen molar-refractivity contribution in [1.82, 2.24) is 14.5 Å². The van der Waals surface area contributed by atoms with Crippen LogP contribution in [0.3, 0.4) is 0 Å². The van der Waals surface area contributed by atoms with Gasteiger partial charge in [0.1, 0.15) is 11.2 Å². The van der Waals surface area contributed by atoms with Crippen molar-refractivity contribution in [2.24, 2.45) is 0 Å². The summed E-state index contributed by atoms with van der Waals surface area (Å²) in [5.41, 5.74) is 2.43. The molecule has 0 saturated carbocycles. The molecular weight excluding hydrogens is 266 g/mol. The topological polar surface area (TPSA) is 67.8 Å². The summed E-state index contributed by atoms with van der Waals surface area (Å²) in [7, 11) is 0. The molecule has 21 heavy (non-hydrogen) atoms. The molecule has 1 N–H and O–H groups in total. The third kappa shape index (κ3) is 1.67. The van der Waals surface area contributed by atoms with Crippen LogP contribution in [0.15, 0.2) is 41.5 Å². The van der Waals surface area contributed by atoms with E-state index in [1.165, 1.54) is 6.33 Å². The summed E-state index contributed by atoms with van der Waals surface area (Å²) in [6.45, 7) is 0.763. The molecule has 0 bridgehead atoms. The van der Waals surface area contributed by atoms with Gasteiger partial charge in [0.2, 0.25) is 5.78 Å². The van der Waals surface area contributed by atoms with Crippen LogP contribution in [0.1, 0.15) is 28.2 Å². The van der Waals surface area contributed by atoms with Crippen LogP contribution < -0.4 is 5.56 Å². The van der Waals surface area contributed by atoms with Crippen LogP contribution in [0.4, 0.5) is 0 Å². The molecule has 0 aliphatic carbocycles. The molecule has 0 spiro atoms. The fraction of sp³-hybridized carbons (Fsp3) is 0.188. The number of aryl methyl sites for hydroxylation is 1. The summed E-state index contributed by atoms with van der Waals surface area (Å²) >= 11 is 0. The summed E-state index contributed by atoms with van der Waals surface area (Å²) in [6.07, 6.45) is 3.13. The quantitative estimate of drug-likeness (QED) is 0.728. The van der Waals surface area contributed by atoms with Gasteiger partial charge < -0.3 is 9.55 Å². The van der Waals surface area contributed by atoms with Crippen LogP contribution in [0, 0.1) is 0 Å². The molecule has 5 heteroatoms. The summed E-state index contributed by atoms with van der Waals surface area (Å²) in [5.74, 6) is -0.0770. The summed E-state index contributed by atoms with van der Waals surface area (Å²) < 4.78 is 1.96. The van der Waals surface area contributed by atoms with Gasteiger partial charge in [-0.15, -0.1) is 0 Å². The molecular formula is C16H13N3O2. The third-order valence-corrected chi connectivity index (χ3v) is 4.01. The highest BCUT2D eigenvalue weighted by Gasteiger charge is 2.28. The molecule has 104 valence electrons. The highest BCUT2D eigenvalue weighted by atomic mass is 16.1. The molecule has 5 nitrogen and oxygen atoms in total. The molecule has 3 aromatic rings. The molecule has 0 amide bonds. The van der Waals surface area contributed by atoms with Crippen LogP contribution in [-0.4, -0.2) is 20.3 Å². The fourth-order valence-corrected chi connectivity index (χ4v) is 3.11. The van der Waals surface area contributed by atoms with Crippen molar-refractivity contribution in [3.63, 3.8) is 0 Å². The minimum Gasteiger partial charge on any atom is -0.339 e. The van der Waals surface area contributed by atoms with Crippen molar-refractivity contribution in [3.8, 4) is 0 Å². The number of ketones is 1. The number of rotatable bonds is 2. The number of fused-ring (bicyclic) bond motifs is 3. The molecule has 0 unspecified atom stereocenters. The second-order valence-electron chi connectivity index (χ2n) is 5.20. The van der Waals surface area contributed by atoms with Crippen LogP contribution in [0.5, 0.6) is 0 Å². The van der Waals surface area contributed by atoms with E-state index in [4.69, 9.17) is 0 Å². The van der Waals surface area contributed by atoms with E-state index in [1.807, 2.05) is 22.8 Å². The smallest absolute Gasteiger partial charge is 0.260 e. The number of nitrogens with one attached hydrogen (secondary N) is 1. The number of benzene rings is 1. The van der Waals surface area contributed by atoms with Gasteiger partial charge in [0.05, 0.1) is 11.7 Å². The first-order chi connectivity index (χ1) is 10.3. The van der Waals surface area contributed by atoms with E-state index >= 15 is 0 Å². The normalized spacial score (nSPS) is 13.5. The number of hydrogen-bond donors (Lipinski definition) is 1. The number of H-pyrrole nitrogens is 1. The Morgan fingerprint density at radius 3 is 2.86 bits per heavy atom. The molecule has 0 radical (unpaired) electrons. The number of aromatic nitrogens is 3. The van der Waals surface area contributed by atoms with Crippen LogP contribution in [-0.2, 0) is 13.0 Å². The average Bonchev–Trinajstić information content (AvgIpc) is 3.08. The molecule has 4 rings (SSSR count). The highest BCUT2D eigenvalue weighted by Crippen LogP contribution is 2.29. The van der Waals surface area contributed by atoms with Gasteiger partial charge in [0, 0.05) is 17.8 Å². The van der Waals surface area contributed by atoms with Gasteiger partial charge in [0.25, 0.3) is 5.56 Å². The van der Waals surface area contributed by atoms with Gasteiger partial charge in [-0.2, -0.15) is 0 Å². The largest absolute Gasteiger partial charge is 0.339 e. The maximum atomic E-state index is 12.8. The van der Waals surface area contributed by atoms with Crippen LogP contribution >= 0.6 is 0 Å². The first-order valence-electron chi connectivity index (χ1n) is 6.96. The zero-order chi connectivity index (χ0) is 14.4. The minimum absolute atomic E-state index is 0.0770. The fourth-order valence-electron chi connectivity index (χ4n) is 3.11. The first kappa shape index (κ1) is 12.1. The van der Waals surface area contributed by atoms with Crippen LogP contribution in [0.25, 0.3) is 10.9 Å². The lowest BCUT2D eigenvalue weighted by Crippen LogP contribution is -2.10. The second kappa shape index (κ2) is 4.41. The van der Waals surface area contributed by atoms with Gasteiger partial charge >= 0.3 is 0 Å². The van der Waals surface area contributed by atoms with Crippen molar-refractivity contribution >= 4 is 16.7 Å². The first-order valence-corrected chi connectivity index (χ1v) is 6.96. The lowest BCUT2D eigenvalue weighted by atomic mass is 10.1. The van der Waals surface area contributed by atoms with E-state index < -0.39 is 0 Å². The number of hydrogen-bond acceptors (Lipinski definition) is 3. The SMILES string of the molecule is O=C(c1ccccc1)c1c2nc[nH]c(=O)c2c2n1CCC2. The van der Waals surface area contributed by atoms with Crippen molar-refractivity contribution in [2.75, 3.05) is 0 Å². The molecule has 0 atom stereocenters. The third-order valence-electron chi connectivity index (χ3n) is 4.01. The minimum atomic E-state index is -0.169. The summed E-state index contributed by atoms with van der Waals surface area (Å²) in [5, 5.41) is 0.564. The molecule has 1 aliphatic rings. The predicted molar refractivity (Wildman–Crippen MR) is 78.5 cm³/mol. The average molecular weight is 279 g/mol. The molecule has 2 aromatic heterocycles. The summed E-state index contributed by atoms with van der Waals surface area (Å²) in [6, 6.07) is 9.12. The van der Waals surface area contributed by atoms with E-state index in [1.54, 1.807) is 12.1 Å². The lowest BCUT2D eigenvalue weighted by molar-refractivity contribution is 0.103.